The Morgan fingerprint density at radius 2 is 2.00 bits per heavy atom. The van der Waals surface area contributed by atoms with Crippen molar-refractivity contribution in [1.82, 2.24) is 4.98 Å². The van der Waals surface area contributed by atoms with Crippen molar-refractivity contribution in [2.75, 3.05) is 11.6 Å². The van der Waals surface area contributed by atoms with Crippen molar-refractivity contribution in [2.24, 2.45) is 11.5 Å². The molecule has 0 spiro atoms. The van der Waals surface area contributed by atoms with E-state index in [2.05, 4.69) is 10.3 Å². The zero-order valence-electron chi connectivity index (χ0n) is 10.8. The second kappa shape index (κ2) is 5.70. The van der Waals surface area contributed by atoms with E-state index in [4.69, 9.17) is 11.5 Å². The molecule has 6 nitrogen and oxygen atoms in total. The Kier molecular flexibility index (Phi) is 3.99. The normalized spacial score (nSPS) is 10.2. The molecule has 1 heterocycles. The minimum Gasteiger partial charge on any atom is -0.365 e. The lowest BCUT2D eigenvalue weighted by Crippen LogP contribution is -2.22. The summed E-state index contributed by atoms with van der Waals surface area (Å²) in [5.41, 5.74) is 12.1. The van der Waals surface area contributed by atoms with Gasteiger partial charge in [-0.25, -0.2) is 4.79 Å². The average Bonchev–Trinajstić information content (AvgIpc) is 2.82. The van der Waals surface area contributed by atoms with Crippen LogP contribution >= 0.6 is 11.8 Å². The predicted molar refractivity (Wildman–Crippen MR) is 79.7 cm³/mol. The lowest BCUT2D eigenvalue weighted by atomic mass is 10.1. The maximum Gasteiger partial charge on any atom is 0.317 e. The molecular formula is C13H14N4O2S. The van der Waals surface area contributed by atoms with Crippen molar-refractivity contribution in [2.45, 2.75) is 4.90 Å². The van der Waals surface area contributed by atoms with Crippen LogP contribution in [0.2, 0.25) is 0 Å². The molecule has 0 saturated heterocycles. The maximum atomic E-state index is 11.4. The number of nitrogens with two attached hydrogens (primary N) is 2. The number of rotatable bonds is 4. The molecule has 0 aliphatic carbocycles. The lowest BCUT2D eigenvalue weighted by Gasteiger charge is -2.02. The fourth-order valence-electron chi connectivity index (χ4n) is 1.82. The number of anilines is 1. The fourth-order valence-corrected chi connectivity index (χ4v) is 2.28. The van der Waals surface area contributed by atoms with Gasteiger partial charge in [-0.3, -0.25) is 10.1 Å². The van der Waals surface area contributed by atoms with Crippen molar-refractivity contribution in [1.29, 1.82) is 0 Å². The number of carbonyl (C=O) groups is 2. The van der Waals surface area contributed by atoms with Gasteiger partial charge in [-0.2, -0.15) is 0 Å². The minimum atomic E-state index is -0.765. The standard InChI is InChI=1S/C13H14N4O2S/c1-20-8-4-2-3-7(5-8)10-6-9(11(14)18)12(16-10)17-13(15)19/h2-6,16H,1H3,(H2,14,18)(H3,15,17,19). The number of aromatic nitrogens is 1. The average molecular weight is 290 g/mol. The van der Waals surface area contributed by atoms with Crippen LogP contribution in [-0.2, 0) is 0 Å². The molecule has 0 bridgehead atoms. The van der Waals surface area contributed by atoms with Gasteiger partial charge in [0.1, 0.15) is 5.82 Å². The van der Waals surface area contributed by atoms with E-state index in [1.54, 1.807) is 17.8 Å². The van der Waals surface area contributed by atoms with Crippen LogP contribution in [0.1, 0.15) is 10.4 Å². The maximum absolute atomic E-state index is 11.4. The quantitative estimate of drug-likeness (QED) is 0.645. The lowest BCUT2D eigenvalue weighted by molar-refractivity contribution is 0.100. The molecule has 7 heteroatoms. The zero-order valence-corrected chi connectivity index (χ0v) is 11.6. The SMILES string of the molecule is CSc1cccc(-c2cc(C(N)=O)c(NC(N)=O)[nH]2)c1. The number of amides is 3. The molecule has 0 fully saturated rings. The number of thioether (sulfide) groups is 1. The van der Waals surface area contributed by atoms with Crippen LogP contribution in [0.5, 0.6) is 0 Å². The van der Waals surface area contributed by atoms with E-state index in [1.165, 1.54) is 0 Å². The number of hydrogen-bond acceptors (Lipinski definition) is 3. The molecule has 104 valence electrons. The van der Waals surface area contributed by atoms with Crippen LogP contribution in [0.15, 0.2) is 35.2 Å². The number of H-pyrrole nitrogens is 1. The second-order valence-corrected chi connectivity index (χ2v) is 4.94. The van der Waals surface area contributed by atoms with Crippen molar-refractivity contribution in [3.8, 4) is 11.3 Å². The van der Waals surface area contributed by atoms with Gasteiger partial charge in [0.15, 0.2) is 0 Å². The monoisotopic (exact) mass is 290 g/mol. The third-order valence-electron chi connectivity index (χ3n) is 2.71. The molecule has 3 amide bonds. The first-order valence-corrected chi connectivity index (χ1v) is 6.97. The van der Waals surface area contributed by atoms with Crippen molar-refractivity contribution >= 4 is 29.5 Å². The van der Waals surface area contributed by atoms with E-state index in [-0.39, 0.29) is 11.4 Å². The summed E-state index contributed by atoms with van der Waals surface area (Å²) in [6.07, 6.45) is 1.97. The fraction of sp³-hybridized carbons (Fsp3) is 0.0769. The number of nitrogens with one attached hydrogen (secondary N) is 2. The number of aromatic amines is 1. The van der Waals surface area contributed by atoms with Gasteiger partial charge in [0.2, 0.25) is 0 Å². The molecule has 2 rings (SSSR count). The Bertz CT molecular complexity index is 666. The molecule has 0 aliphatic heterocycles. The van der Waals surface area contributed by atoms with Gasteiger partial charge in [0, 0.05) is 10.6 Å². The van der Waals surface area contributed by atoms with Gasteiger partial charge in [-0.05, 0) is 30.0 Å². The van der Waals surface area contributed by atoms with Crippen LogP contribution in [0.3, 0.4) is 0 Å². The van der Waals surface area contributed by atoms with Crippen LogP contribution in [0.4, 0.5) is 10.6 Å². The molecule has 0 atom stereocenters. The predicted octanol–water partition coefficient (Wildman–Crippen LogP) is 1.99. The first-order valence-electron chi connectivity index (χ1n) is 5.75. The van der Waals surface area contributed by atoms with Gasteiger partial charge < -0.3 is 16.5 Å². The zero-order chi connectivity index (χ0) is 14.7. The van der Waals surface area contributed by atoms with E-state index < -0.39 is 11.9 Å². The summed E-state index contributed by atoms with van der Waals surface area (Å²) < 4.78 is 0. The van der Waals surface area contributed by atoms with Crippen LogP contribution in [0, 0.1) is 0 Å². The molecule has 20 heavy (non-hydrogen) atoms. The van der Waals surface area contributed by atoms with Gasteiger partial charge in [0.05, 0.1) is 5.56 Å². The van der Waals surface area contributed by atoms with Gasteiger partial charge in [-0.1, -0.05) is 12.1 Å². The van der Waals surface area contributed by atoms with Gasteiger partial charge in [-0.15, -0.1) is 11.8 Å². The molecule has 1 aromatic heterocycles. The molecule has 1 aromatic carbocycles. The van der Waals surface area contributed by atoms with Crippen LogP contribution < -0.4 is 16.8 Å². The van der Waals surface area contributed by atoms with Crippen molar-refractivity contribution < 1.29 is 9.59 Å². The summed E-state index contributed by atoms with van der Waals surface area (Å²) in [4.78, 5) is 26.3. The second-order valence-electron chi connectivity index (χ2n) is 4.06. The number of primary amides is 2. The van der Waals surface area contributed by atoms with E-state index in [1.807, 2.05) is 30.5 Å². The molecule has 0 saturated carbocycles. The summed E-state index contributed by atoms with van der Waals surface area (Å²) in [6.45, 7) is 0. The third kappa shape index (κ3) is 2.94. The Hall–Kier alpha value is -2.41. The first kappa shape index (κ1) is 14.0. The van der Waals surface area contributed by atoms with Gasteiger partial charge in [0.25, 0.3) is 5.91 Å². The van der Waals surface area contributed by atoms with Crippen molar-refractivity contribution in [3.05, 3.63) is 35.9 Å². The Balaban J connectivity index is 2.46. The van der Waals surface area contributed by atoms with Gasteiger partial charge >= 0.3 is 6.03 Å². The number of hydrogen-bond donors (Lipinski definition) is 4. The summed E-state index contributed by atoms with van der Waals surface area (Å²) >= 11 is 1.61. The molecule has 2 aromatic rings. The molecule has 0 radical (unpaired) electrons. The highest BCUT2D eigenvalue weighted by molar-refractivity contribution is 7.98. The Morgan fingerprint density at radius 3 is 2.60 bits per heavy atom. The van der Waals surface area contributed by atoms with E-state index >= 15 is 0 Å². The first-order chi connectivity index (χ1) is 9.51. The number of benzene rings is 1. The topological polar surface area (TPSA) is 114 Å². The van der Waals surface area contributed by atoms with E-state index in [0.717, 1.165) is 10.5 Å². The van der Waals surface area contributed by atoms with E-state index in [0.29, 0.717) is 5.69 Å². The highest BCUT2D eigenvalue weighted by Gasteiger charge is 2.15. The summed E-state index contributed by atoms with van der Waals surface area (Å²) in [7, 11) is 0. The Morgan fingerprint density at radius 1 is 1.25 bits per heavy atom. The highest BCUT2D eigenvalue weighted by Crippen LogP contribution is 2.27. The van der Waals surface area contributed by atoms with Crippen molar-refractivity contribution in [3.63, 3.8) is 0 Å². The number of urea groups is 1. The summed E-state index contributed by atoms with van der Waals surface area (Å²) in [5.74, 6) is -0.438. The smallest absolute Gasteiger partial charge is 0.317 e. The molecular weight excluding hydrogens is 276 g/mol. The summed E-state index contributed by atoms with van der Waals surface area (Å²) in [6, 6.07) is 8.58. The highest BCUT2D eigenvalue weighted by atomic mass is 32.2. The van der Waals surface area contributed by atoms with Crippen LogP contribution in [0.25, 0.3) is 11.3 Å². The molecule has 6 N–H and O–H groups in total. The summed E-state index contributed by atoms with van der Waals surface area (Å²) in [5, 5.41) is 2.35. The largest absolute Gasteiger partial charge is 0.365 e. The van der Waals surface area contributed by atoms with E-state index in [9.17, 15) is 9.59 Å². The third-order valence-corrected chi connectivity index (χ3v) is 3.44. The Labute approximate surface area is 119 Å². The molecule has 0 aliphatic rings. The minimum absolute atomic E-state index is 0.188. The van der Waals surface area contributed by atoms with Crippen LogP contribution in [-0.4, -0.2) is 23.2 Å². The molecule has 0 unspecified atom stereocenters. The number of carbonyl (C=O) groups excluding carboxylic acids is 2.